The zero-order chi connectivity index (χ0) is 15.3. The first-order valence-corrected chi connectivity index (χ1v) is 9.51. The maximum Gasteiger partial charge on any atom is 0.197 e. The van der Waals surface area contributed by atoms with Crippen LogP contribution in [0.5, 0.6) is 0 Å². The third-order valence-corrected chi connectivity index (χ3v) is 7.49. The van der Waals surface area contributed by atoms with E-state index in [9.17, 15) is 16.8 Å². The number of hydrogen-bond donors (Lipinski definition) is 0. The molecule has 2 heterocycles. The van der Waals surface area contributed by atoms with Crippen molar-refractivity contribution in [2.24, 2.45) is 0 Å². The third-order valence-electron chi connectivity index (χ3n) is 3.49. The molecule has 0 aliphatic carbocycles. The highest BCUT2D eigenvalue weighted by atomic mass is 32.2. The second-order valence-electron chi connectivity index (χ2n) is 4.98. The minimum Gasteiger partial charge on any atom is -0.241 e. The lowest BCUT2D eigenvalue weighted by Crippen LogP contribution is -2.15. The summed E-state index contributed by atoms with van der Waals surface area (Å²) in [7, 11) is -7.41. The van der Waals surface area contributed by atoms with Gasteiger partial charge in [-0.25, -0.2) is 21.8 Å². The molecule has 110 valence electrons. The van der Waals surface area contributed by atoms with E-state index in [4.69, 9.17) is 0 Å². The van der Waals surface area contributed by atoms with E-state index in [1.54, 1.807) is 37.3 Å². The minimum absolute atomic E-state index is 0.105. The summed E-state index contributed by atoms with van der Waals surface area (Å²) in [6, 6.07) is 11.1. The lowest BCUT2D eigenvalue weighted by molar-refractivity contribution is 0.582. The molecule has 1 aromatic carbocycles. The first-order chi connectivity index (χ1) is 9.82. The number of pyridine rings is 1. The molecule has 0 radical (unpaired) electrons. The Morgan fingerprint density at radius 2 is 1.76 bits per heavy atom. The van der Waals surface area contributed by atoms with Crippen LogP contribution in [0, 0.1) is 6.92 Å². The van der Waals surface area contributed by atoms with E-state index in [1.807, 2.05) is 0 Å². The lowest BCUT2D eigenvalue weighted by Gasteiger charge is -2.11. The van der Waals surface area contributed by atoms with E-state index in [1.165, 1.54) is 12.1 Å². The van der Waals surface area contributed by atoms with Crippen molar-refractivity contribution in [1.82, 2.24) is 4.98 Å². The fourth-order valence-corrected chi connectivity index (χ4v) is 6.74. The van der Waals surface area contributed by atoms with Crippen LogP contribution >= 0.6 is 0 Å². The molecule has 0 saturated carbocycles. The number of nitrogens with zero attached hydrogens (tertiary/aromatic N) is 1. The summed E-state index contributed by atoms with van der Waals surface area (Å²) in [5.74, 6) is -0.448. The van der Waals surface area contributed by atoms with Crippen molar-refractivity contribution in [2.45, 2.75) is 22.1 Å². The molecule has 1 aliphatic rings. The predicted octanol–water partition coefficient (Wildman–Crippen LogP) is 1.69. The van der Waals surface area contributed by atoms with Gasteiger partial charge in [-0.15, -0.1) is 0 Å². The van der Waals surface area contributed by atoms with Crippen LogP contribution in [0.2, 0.25) is 0 Å². The van der Waals surface area contributed by atoms with E-state index < -0.39 is 30.7 Å². The highest BCUT2D eigenvalue weighted by Gasteiger charge is 2.44. The first kappa shape index (κ1) is 14.2. The first-order valence-electron chi connectivity index (χ1n) is 6.31. The summed E-state index contributed by atoms with van der Waals surface area (Å²) < 4.78 is 49.7. The smallest absolute Gasteiger partial charge is 0.197 e. The van der Waals surface area contributed by atoms with Gasteiger partial charge in [0.1, 0.15) is 5.25 Å². The van der Waals surface area contributed by atoms with Gasteiger partial charge in [-0.2, -0.15) is 0 Å². The molecular weight excluding hydrogens is 310 g/mol. The van der Waals surface area contributed by atoms with Crippen LogP contribution in [0.15, 0.2) is 52.4 Å². The SMILES string of the molecule is Cc1ccc2c(n1)S(=O)(=O)CC2S(=O)(=O)c1ccccc1. The minimum atomic E-state index is -3.76. The number of sulfone groups is 2. The van der Waals surface area contributed by atoms with Crippen molar-refractivity contribution >= 4 is 19.7 Å². The van der Waals surface area contributed by atoms with Crippen molar-refractivity contribution in [1.29, 1.82) is 0 Å². The summed E-state index contributed by atoms with van der Waals surface area (Å²) in [6.45, 7) is 1.68. The second kappa shape index (κ2) is 4.64. The molecular formula is C14H13NO4S2. The maximum absolute atomic E-state index is 12.7. The van der Waals surface area contributed by atoms with E-state index in [0.717, 1.165) is 0 Å². The largest absolute Gasteiger partial charge is 0.241 e. The standard InChI is InChI=1S/C14H13NO4S2/c1-10-7-8-12-13(9-20(16,17)14(12)15-10)21(18,19)11-5-3-2-4-6-11/h2-8,13H,9H2,1H3. The van der Waals surface area contributed by atoms with Gasteiger partial charge < -0.3 is 0 Å². The molecule has 2 aromatic rings. The highest BCUT2D eigenvalue weighted by Crippen LogP contribution is 2.40. The van der Waals surface area contributed by atoms with Crippen molar-refractivity contribution in [3.8, 4) is 0 Å². The number of aryl methyl sites for hydroxylation is 1. The Morgan fingerprint density at radius 1 is 1.10 bits per heavy atom. The zero-order valence-electron chi connectivity index (χ0n) is 11.2. The second-order valence-corrected chi connectivity index (χ2v) is 9.06. The maximum atomic E-state index is 12.7. The van der Waals surface area contributed by atoms with Gasteiger partial charge in [0.15, 0.2) is 24.7 Å². The van der Waals surface area contributed by atoms with Crippen molar-refractivity contribution in [2.75, 3.05) is 5.75 Å². The summed E-state index contributed by atoms with van der Waals surface area (Å²) in [4.78, 5) is 4.14. The summed E-state index contributed by atoms with van der Waals surface area (Å²) in [6.07, 6.45) is 0. The fourth-order valence-electron chi connectivity index (χ4n) is 2.44. The Balaban J connectivity index is 2.20. The number of rotatable bonds is 2. The molecule has 21 heavy (non-hydrogen) atoms. The number of aromatic nitrogens is 1. The molecule has 0 saturated heterocycles. The quantitative estimate of drug-likeness (QED) is 0.840. The van der Waals surface area contributed by atoms with Gasteiger partial charge in [0.05, 0.1) is 10.6 Å². The van der Waals surface area contributed by atoms with Crippen LogP contribution < -0.4 is 0 Å². The lowest BCUT2D eigenvalue weighted by atomic mass is 10.2. The average molecular weight is 323 g/mol. The molecule has 0 fully saturated rings. The predicted molar refractivity (Wildman–Crippen MR) is 77.4 cm³/mol. The van der Waals surface area contributed by atoms with Crippen LogP contribution in [-0.2, 0) is 19.7 Å². The van der Waals surface area contributed by atoms with Crippen LogP contribution in [0.4, 0.5) is 0 Å². The molecule has 0 spiro atoms. The highest BCUT2D eigenvalue weighted by molar-refractivity contribution is 7.96. The number of hydrogen-bond acceptors (Lipinski definition) is 5. The van der Waals surface area contributed by atoms with Gasteiger partial charge in [-0.3, -0.25) is 0 Å². The van der Waals surface area contributed by atoms with Crippen molar-refractivity contribution < 1.29 is 16.8 Å². The van der Waals surface area contributed by atoms with E-state index >= 15 is 0 Å². The molecule has 3 rings (SSSR count). The third kappa shape index (κ3) is 2.26. The normalized spacial score (nSPS) is 20.1. The summed E-state index contributed by atoms with van der Waals surface area (Å²) >= 11 is 0. The Labute approximate surface area is 123 Å². The molecule has 7 heteroatoms. The molecule has 0 amide bonds. The summed E-state index contributed by atoms with van der Waals surface area (Å²) in [5, 5.41) is -1.19. The van der Waals surface area contributed by atoms with Crippen molar-refractivity contribution in [3.05, 3.63) is 53.7 Å². The van der Waals surface area contributed by atoms with Gasteiger partial charge in [-0.1, -0.05) is 24.3 Å². The van der Waals surface area contributed by atoms with Crippen LogP contribution in [-0.4, -0.2) is 27.6 Å². The van der Waals surface area contributed by atoms with Crippen LogP contribution in [0.25, 0.3) is 0 Å². The van der Waals surface area contributed by atoms with Crippen LogP contribution in [0.3, 0.4) is 0 Å². The Kier molecular flexibility index (Phi) is 3.14. The Bertz CT molecular complexity index is 903. The van der Waals surface area contributed by atoms with E-state index in [2.05, 4.69) is 4.98 Å². The fraction of sp³-hybridized carbons (Fsp3) is 0.214. The van der Waals surface area contributed by atoms with Crippen LogP contribution in [0.1, 0.15) is 16.5 Å². The average Bonchev–Trinajstić information content (AvgIpc) is 2.72. The topological polar surface area (TPSA) is 81.2 Å². The van der Waals surface area contributed by atoms with Gasteiger partial charge in [0.25, 0.3) is 0 Å². The van der Waals surface area contributed by atoms with Gasteiger partial charge >= 0.3 is 0 Å². The molecule has 1 unspecified atom stereocenters. The molecule has 0 bridgehead atoms. The van der Waals surface area contributed by atoms with Gasteiger partial charge in [-0.05, 0) is 25.1 Å². The molecule has 0 N–H and O–H groups in total. The monoisotopic (exact) mass is 323 g/mol. The molecule has 1 aromatic heterocycles. The molecule has 1 aliphatic heterocycles. The van der Waals surface area contributed by atoms with Gasteiger partial charge in [0, 0.05) is 11.3 Å². The number of benzene rings is 1. The van der Waals surface area contributed by atoms with E-state index in [-0.39, 0.29) is 15.5 Å². The Hall–Kier alpha value is -1.73. The number of fused-ring (bicyclic) bond motifs is 1. The Morgan fingerprint density at radius 3 is 2.43 bits per heavy atom. The summed E-state index contributed by atoms with van der Waals surface area (Å²) in [5.41, 5.74) is 0.819. The zero-order valence-corrected chi connectivity index (χ0v) is 12.9. The molecule has 1 atom stereocenters. The molecule has 5 nitrogen and oxygen atoms in total. The van der Waals surface area contributed by atoms with E-state index in [0.29, 0.717) is 5.69 Å². The van der Waals surface area contributed by atoms with Gasteiger partial charge in [0.2, 0.25) is 0 Å². The van der Waals surface area contributed by atoms with Crippen molar-refractivity contribution in [3.63, 3.8) is 0 Å².